The summed E-state index contributed by atoms with van der Waals surface area (Å²) in [6.07, 6.45) is -0.994. The number of esters is 1. The maximum atomic E-state index is 14.2. The molecule has 0 aliphatic carbocycles. The van der Waals surface area contributed by atoms with Crippen LogP contribution in [0.1, 0.15) is 31.8 Å². The summed E-state index contributed by atoms with van der Waals surface area (Å²) in [4.78, 5) is 42.0. The van der Waals surface area contributed by atoms with Crippen molar-refractivity contribution in [2.75, 3.05) is 33.4 Å². The van der Waals surface area contributed by atoms with Crippen LogP contribution < -0.4 is 14.2 Å². The highest BCUT2D eigenvalue weighted by Gasteiger charge is 2.26. The fraction of sp³-hybridized carbons (Fsp3) is 0.200. The number of nitrogens with one attached hydrogen (secondary N) is 1. The number of aromatic amines is 1. The van der Waals surface area contributed by atoms with Crippen LogP contribution in [0.15, 0.2) is 115 Å². The average molecular weight is 769 g/mol. The summed E-state index contributed by atoms with van der Waals surface area (Å²) in [5.74, 6) is 0.448. The number of fused-ring (bicyclic) bond motifs is 3. The lowest BCUT2D eigenvalue weighted by atomic mass is 10.1. The van der Waals surface area contributed by atoms with Crippen LogP contribution in [0.3, 0.4) is 0 Å². The molecule has 1 amide bonds. The second-order valence-electron chi connectivity index (χ2n) is 12.4. The molecule has 292 valence electrons. The number of nitrogens with zero attached hydrogens (tertiary/aromatic N) is 3. The third-order valence-corrected chi connectivity index (χ3v) is 8.67. The Kier molecular flexibility index (Phi) is 13.4. The zero-order chi connectivity index (χ0) is 39.4. The van der Waals surface area contributed by atoms with Gasteiger partial charge in [0.25, 0.3) is 5.91 Å². The first kappa shape index (κ1) is 39.6. The van der Waals surface area contributed by atoms with Crippen LogP contribution in [-0.4, -0.2) is 92.9 Å². The van der Waals surface area contributed by atoms with Gasteiger partial charge in [-0.05, 0) is 65.7 Å². The van der Waals surface area contributed by atoms with E-state index >= 15 is 0 Å². The molecule has 0 bridgehead atoms. The third kappa shape index (κ3) is 10.4. The number of amides is 1. The fourth-order valence-corrected chi connectivity index (χ4v) is 5.97. The van der Waals surface area contributed by atoms with Gasteiger partial charge < -0.3 is 28.8 Å². The number of hydrogen-bond donors (Lipinski definition) is 5. The number of para-hydroxylation sites is 3. The van der Waals surface area contributed by atoms with Crippen molar-refractivity contribution in [3.63, 3.8) is 0 Å². The predicted octanol–water partition coefficient (Wildman–Crippen LogP) is 6.18. The molecule has 6 rings (SSSR count). The van der Waals surface area contributed by atoms with Crippen LogP contribution >= 0.6 is 0 Å². The predicted molar refractivity (Wildman–Crippen MR) is 198 cm³/mol. The van der Waals surface area contributed by atoms with E-state index in [-0.39, 0.29) is 45.1 Å². The monoisotopic (exact) mass is 768 g/mol. The van der Waals surface area contributed by atoms with E-state index < -0.39 is 28.8 Å². The number of rotatable bonds is 19. The zero-order valence-corrected chi connectivity index (χ0v) is 30.2. The lowest BCUT2D eigenvalue weighted by Crippen LogP contribution is -2.43. The smallest absolute Gasteiger partial charge is 0.338 e. The van der Waals surface area contributed by atoms with Crippen molar-refractivity contribution >= 4 is 33.7 Å². The maximum Gasteiger partial charge on any atom is 0.338 e. The fourth-order valence-electron chi connectivity index (χ4n) is 5.97. The summed E-state index contributed by atoms with van der Waals surface area (Å²) < 4.78 is 23.9. The van der Waals surface area contributed by atoms with Crippen LogP contribution in [0, 0.1) is 0 Å². The van der Waals surface area contributed by atoms with E-state index in [0.717, 1.165) is 21.8 Å². The lowest BCUT2D eigenvalue weighted by Gasteiger charge is -2.28. The van der Waals surface area contributed by atoms with Gasteiger partial charge in [0.2, 0.25) is 0 Å². The molecule has 0 radical (unpaired) electrons. The molecule has 0 fully saturated rings. The number of aromatic nitrogens is 1. The van der Waals surface area contributed by atoms with Crippen molar-refractivity contribution < 1.29 is 59.0 Å². The Labute approximate surface area is 320 Å². The molecule has 1 unspecified atom stereocenters. The quantitative estimate of drug-likeness (QED) is 0.0463. The molecule has 56 heavy (non-hydrogen) atoms. The topological polar surface area (TPSA) is 196 Å². The zero-order valence-electron chi connectivity index (χ0n) is 30.2. The molecule has 0 aliphatic rings. The highest BCUT2D eigenvalue weighted by molar-refractivity contribution is 6.10. The molecule has 5 aromatic carbocycles. The number of carbonyl (C=O) groups is 2. The van der Waals surface area contributed by atoms with E-state index in [9.17, 15) is 9.59 Å². The molecular weight excluding hydrogens is 728 g/mol. The van der Waals surface area contributed by atoms with Crippen molar-refractivity contribution in [2.45, 2.75) is 19.3 Å². The number of ether oxygens (including phenoxy) is 4. The molecule has 0 spiro atoms. The van der Waals surface area contributed by atoms with Gasteiger partial charge in [-0.25, -0.2) is 14.5 Å². The molecule has 1 aromatic heterocycles. The van der Waals surface area contributed by atoms with E-state index in [0.29, 0.717) is 33.9 Å². The van der Waals surface area contributed by atoms with Gasteiger partial charge in [-0.1, -0.05) is 60.7 Å². The van der Waals surface area contributed by atoms with E-state index in [1.807, 2.05) is 48.5 Å². The Morgan fingerprint density at radius 1 is 0.661 bits per heavy atom. The highest BCUT2D eigenvalue weighted by atomic mass is 17.1. The Morgan fingerprint density at radius 3 is 1.91 bits per heavy atom. The number of methoxy groups -OCH3 is 1. The van der Waals surface area contributed by atoms with E-state index in [1.165, 1.54) is 24.1 Å². The average Bonchev–Trinajstić information content (AvgIpc) is 3.60. The molecule has 1 heterocycles. The van der Waals surface area contributed by atoms with Crippen LogP contribution in [0.5, 0.6) is 17.2 Å². The van der Waals surface area contributed by atoms with Gasteiger partial charge in [0.05, 0.1) is 55.3 Å². The van der Waals surface area contributed by atoms with Crippen LogP contribution in [0.4, 0.5) is 0 Å². The van der Waals surface area contributed by atoms with Gasteiger partial charge >= 0.3 is 5.97 Å². The largest absolute Gasteiger partial charge is 0.493 e. The van der Waals surface area contributed by atoms with Crippen molar-refractivity contribution in [1.82, 2.24) is 20.7 Å². The molecular formula is C40H40N4O12. The van der Waals surface area contributed by atoms with Gasteiger partial charge in [-0.3, -0.25) is 25.6 Å². The standard InChI is InChI=1S/C40H40N4O12/c1-51-35-10-4-5-11-36(35)52-22-21-42(39(45)29-17-13-27(14-18-29)24-54-43(47)48)23-31(56-40(46)30-19-15-28(16-20-30)25-55-44(49)50)26-53-37-12-6-9-34-38(37)32-7-2-3-8-33(32)41-34/h2-20,31,41,47-50H,21-26H2,1H3. The van der Waals surface area contributed by atoms with E-state index in [4.69, 9.17) is 39.8 Å². The van der Waals surface area contributed by atoms with Crippen molar-refractivity contribution in [3.05, 3.63) is 138 Å². The number of benzene rings is 5. The van der Waals surface area contributed by atoms with Crippen molar-refractivity contribution in [2.24, 2.45) is 0 Å². The Morgan fingerprint density at radius 2 is 1.25 bits per heavy atom. The SMILES string of the molecule is COc1ccccc1OCCN(CC(COc1cccc2[nH]c3ccccc3c12)OC(=O)c1ccc(CON(O)O)cc1)C(=O)c1ccc(CON(O)O)cc1. The minimum absolute atomic E-state index is 0.0552. The molecule has 5 N–H and O–H groups in total. The minimum atomic E-state index is -0.994. The van der Waals surface area contributed by atoms with Crippen LogP contribution in [0.25, 0.3) is 21.8 Å². The van der Waals surface area contributed by atoms with E-state index in [1.54, 1.807) is 54.6 Å². The maximum absolute atomic E-state index is 14.2. The first-order valence-corrected chi connectivity index (χ1v) is 17.4. The molecule has 16 heteroatoms. The van der Waals surface area contributed by atoms with Crippen LogP contribution in [0.2, 0.25) is 0 Å². The lowest BCUT2D eigenvalue weighted by molar-refractivity contribution is -0.497. The summed E-state index contributed by atoms with van der Waals surface area (Å²) in [5, 5.41) is 36.6. The number of hydrogen-bond acceptors (Lipinski definition) is 14. The van der Waals surface area contributed by atoms with Gasteiger partial charge in [0, 0.05) is 21.9 Å². The molecule has 6 aromatic rings. The number of H-pyrrole nitrogens is 1. The summed E-state index contributed by atoms with van der Waals surface area (Å²) in [6.45, 7) is -0.440. The highest BCUT2D eigenvalue weighted by Crippen LogP contribution is 2.33. The van der Waals surface area contributed by atoms with Gasteiger partial charge in [0.15, 0.2) is 17.6 Å². The summed E-state index contributed by atoms with van der Waals surface area (Å²) >= 11 is 0. The van der Waals surface area contributed by atoms with Crippen LogP contribution in [-0.2, 0) is 27.6 Å². The van der Waals surface area contributed by atoms with E-state index in [2.05, 4.69) is 14.7 Å². The van der Waals surface area contributed by atoms with Crippen molar-refractivity contribution in [1.29, 1.82) is 0 Å². The Balaban J connectivity index is 1.27. The normalized spacial score (nSPS) is 11.9. The summed E-state index contributed by atoms with van der Waals surface area (Å²) in [7, 11) is 1.53. The molecule has 0 aliphatic heterocycles. The number of carbonyl (C=O) groups excluding carboxylic acids is 2. The molecule has 16 nitrogen and oxygen atoms in total. The third-order valence-electron chi connectivity index (χ3n) is 8.67. The first-order chi connectivity index (χ1) is 27.2. The van der Waals surface area contributed by atoms with Crippen molar-refractivity contribution in [3.8, 4) is 17.2 Å². The second-order valence-corrected chi connectivity index (χ2v) is 12.4. The first-order valence-electron chi connectivity index (χ1n) is 17.4. The van der Waals surface area contributed by atoms with Gasteiger partial charge in [-0.2, -0.15) is 0 Å². The molecule has 0 saturated carbocycles. The molecule has 1 atom stereocenters. The Bertz CT molecular complexity index is 2210. The summed E-state index contributed by atoms with van der Waals surface area (Å²) in [5.41, 5.74) is 3.40. The van der Waals surface area contributed by atoms with Gasteiger partial charge in [0.1, 0.15) is 19.0 Å². The second kappa shape index (κ2) is 19.0. The van der Waals surface area contributed by atoms with Gasteiger partial charge in [-0.15, -0.1) is 0 Å². The molecule has 0 saturated heterocycles. The minimum Gasteiger partial charge on any atom is -0.493 e. The Hall–Kier alpha value is -6.08. The summed E-state index contributed by atoms with van der Waals surface area (Å²) in [6, 6.07) is 33.1.